The number of benzene rings is 1. The molecule has 17 heavy (non-hydrogen) atoms. The summed E-state index contributed by atoms with van der Waals surface area (Å²) < 4.78 is 18.5. The summed E-state index contributed by atoms with van der Waals surface area (Å²) in [5.41, 5.74) is 0. The third-order valence-corrected chi connectivity index (χ3v) is 3.13. The normalized spacial score (nSPS) is 16.4. The van der Waals surface area contributed by atoms with Crippen LogP contribution in [0.3, 0.4) is 0 Å². The van der Waals surface area contributed by atoms with Gasteiger partial charge in [0.05, 0.1) is 11.6 Å². The van der Waals surface area contributed by atoms with E-state index in [0.717, 1.165) is 25.9 Å². The summed E-state index contributed by atoms with van der Waals surface area (Å²) in [6, 6.07) is 4.47. The van der Waals surface area contributed by atoms with Crippen LogP contribution in [0, 0.1) is 11.7 Å². The highest BCUT2D eigenvalue weighted by atomic mass is 35.5. The lowest BCUT2D eigenvalue weighted by atomic mass is 9.99. The lowest BCUT2D eigenvalue weighted by Crippen LogP contribution is -2.30. The number of piperidine rings is 1. The smallest absolute Gasteiger partial charge is 0.142 e. The van der Waals surface area contributed by atoms with Crippen molar-refractivity contribution >= 4 is 24.0 Å². The van der Waals surface area contributed by atoms with Crippen LogP contribution >= 0.6 is 24.0 Å². The maximum atomic E-state index is 12.9. The van der Waals surface area contributed by atoms with Gasteiger partial charge >= 0.3 is 0 Å². The lowest BCUT2D eigenvalue weighted by Gasteiger charge is -2.22. The van der Waals surface area contributed by atoms with Crippen molar-refractivity contribution in [2.75, 3.05) is 19.7 Å². The summed E-state index contributed by atoms with van der Waals surface area (Å²) in [6.45, 7) is 2.79. The van der Waals surface area contributed by atoms with Crippen LogP contribution in [0.25, 0.3) is 0 Å². The summed E-state index contributed by atoms with van der Waals surface area (Å²) >= 11 is 5.67. The molecule has 5 heteroatoms. The summed E-state index contributed by atoms with van der Waals surface area (Å²) in [5, 5.41) is 3.42. The van der Waals surface area contributed by atoms with E-state index in [1.807, 2.05) is 0 Å². The van der Waals surface area contributed by atoms with E-state index in [1.54, 1.807) is 6.07 Å². The second kappa shape index (κ2) is 7.04. The van der Waals surface area contributed by atoms with E-state index in [-0.39, 0.29) is 17.4 Å². The van der Waals surface area contributed by atoms with Gasteiger partial charge in [0.1, 0.15) is 11.6 Å². The molecule has 0 spiro atoms. The Kier molecular flexibility index (Phi) is 6.03. The van der Waals surface area contributed by atoms with Crippen molar-refractivity contribution in [1.29, 1.82) is 0 Å². The molecule has 0 radical (unpaired) electrons. The first-order valence-corrected chi connectivity index (χ1v) is 5.92. The maximum Gasteiger partial charge on any atom is 0.142 e. The van der Waals surface area contributed by atoms with E-state index in [0.29, 0.717) is 18.3 Å². The summed E-state index contributed by atoms with van der Waals surface area (Å²) in [6.07, 6.45) is 2.27. The van der Waals surface area contributed by atoms with E-state index < -0.39 is 5.82 Å². The van der Waals surface area contributed by atoms with Gasteiger partial charge in [0.2, 0.25) is 0 Å². The quantitative estimate of drug-likeness (QED) is 0.917. The molecule has 0 bridgehead atoms. The zero-order valence-electron chi connectivity index (χ0n) is 9.42. The molecule has 2 rings (SSSR count). The van der Waals surface area contributed by atoms with Crippen LogP contribution in [-0.4, -0.2) is 19.7 Å². The molecule has 2 nitrogen and oxygen atoms in total. The molecule has 96 valence electrons. The Hall–Kier alpha value is -0.510. The Balaban J connectivity index is 0.00000144. The van der Waals surface area contributed by atoms with Crippen molar-refractivity contribution < 1.29 is 9.13 Å². The molecule has 1 aliphatic rings. The van der Waals surface area contributed by atoms with Crippen molar-refractivity contribution in [3.8, 4) is 5.75 Å². The Bertz CT molecular complexity index is 356. The first kappa shape index (κ1) is 14.6. The van der Waals surface area contributed by atoms with E-state index in [2.05, 4.69) is 5.32 Å². The number of halogens is 3. The van der Waals surface area contributed by atoms with Gasteiger partial charge in [0, 0.05) is 6.07 Å². The third-order valence-electron chi connectivity index (χ3n) is 2.84. The molecule has 1 aromatic carbocycles. The van der Waals surface area contributed by atoms with Gasteiger partial charge in [-0.3, -0.25) is 0 Å². The number of nitrogens with one attached hydrogen (secondary N) is 1. The van der Waals surface area contributed by atoms with Crippen LogP contribution in [0.4, 0.5) is 4.39 Å². The molecule has 0 unspecified atom stereocenters. The van der Waals surface area contributed by atoms with Gasteiger partial charge in [-0.1, -0.05) is 11.6 Å². The monoisotopic (exact) mass is 279 g/mol. The van der Waals surface area contributed by atoms with E-state index in [1.165, 1.54) is 12.1 Å². The minimum absolute atomic E-state index is 0. The molecule has 1 fully saturated rings. The molecule has 0 aromatic heterocycles. The average molecular weight is 280 g/mol. The highest BCUT2D eigenvalue weighted by Gasteiger charge is 2.13. The van der Waals surface area contributed by atoms with E-state index in [4.69, 9.17) is 16.3 Å². The Morgan fingerprint density at radius 2 is 2.06 bits per heavy atom. The van der Waals surface area contributed by atoms with Crippen molar-refractivity contribution in [2.45, 2.75) is 12.8 Å². The summed E-state index contributed by atoms with van der Waals surface area (Å²) in [5.74, 6) is 0.825. The van der Waals surface area contributed by atoms with Crippen LogP contribution in [0.5, 0.6) is 5.75 Å². The average Bonchev–Trinajstić information content (AvgIpc) is 2.32. The van der Waals surface area contributed by atoms with Gasteiger partial charge in [-0.15, -0.1) is 12.4 Å². The molecule has 1 N–H and O–H groups in total. The molecular formula is C12H16Cl2FNO. The van der Waals surface area contributed by atoms with Crippen molar-refractivity contribution in [3.05, 3.63) is 29.0 Å². The second-order valence-electron chi connectivity index (χ2n) is 4.08. The highest BCUT2D eigenvalue weighted by molar-refractivity contribution is 6.30. The van der Waals surface area contributed by atoms with Crippen LogP contribution in [-0.2, 0) is 0 Å². The fourth-order valence-corrected chi connectivity index (χ4v) is 2.00. The molecule has 0 atom stereocenters. The number of rotatable bonds is 3. The number of ether oxygens (including phenoxy) is 1. The molecule has 0 amide bonds. The van der Waals surface area contributed by atoms with Gasteiger partial charge in [0.25, 0.3) is 0 Å². The summed E-state index contributed by atoms with van der Waals surface area (Å²) in [4.78, 5) is 0. The molecular weight excluding hydrogens is 264 g/mol. The first-order valence-electron chi connectivity index (χ1n) is 5.54. The van der Waals surface area contributed by atoms with Crippen molar-refractivity contribution in [2.24, 2.45) is 5.92 Å². The Morgan fingerprint density at radius 3 is 2.71 bits per heavy atom. The fraction of sp³-hybridized carbons (Fsp3) is 0.500. The standard InChI is InChI=1S/C12H15ClFNO.ClH/c13-11-7-10(1-2-12(11)14)16-8-9-3-5-15-6-4-9;/h1-2,7,9,15H,3-6,8H2;1H. The number of hydrogen-bond acceptors (Lipinski definition) is 2. The van der Waals surface area contributed by atoms with Gasteiger partial charge < -0.3 is 10.1 Å². The van der Waals surface area contributed by atoms with Crippen LogP contribution in [0.2, 0.25) is 5.02 Å². The number of hydrogen-bond donors (Lipinski definition) is 1. The van der Waals surface area contributed by atoms with Crippen molar-refractivity contribution in [1.82, 2.24) is 5.32 Å². The summed E-state index contributed by atoms with van der Waals surface area (Å²) in [7, 11) is 0. The minimum Gasteiger partial charge on any atom is -0.493 e. The van der Waals surface area contributed by atoms with Gasteiger partial charge in [-0.2, -0.15) is 0 Å². The fourth-order valence-electron chi connectivity index (χ4n) is 1.83. The van der Waals surface area contributed by atoms with Crippen LogP contribution in [0.15, 0.2) is 18.2 Å². The molecule has 0 aliphatic carbocycles. The SMILES string of the molecule is Cl.Fc1ccc(OCC2CCNCC2)cc1Cl. The first-order chi connectivity index (χ1) is 7.75. The topological polar surface area (TPSA) is 21.3 Å². The van der Waals surface area contributed by atoms with Crippen LogP contribution < -0.4 is 10.1 Å². The molecule has 1 aromatic rings. The molecule has 1 saturated heterocycles. The zero-order chi connectivity index (χ0) is 11.4. The maximum absolute atomic E-state index is 12.9. The van der Waals surface area contributed by atoms with Crippen molar-refractivity contribution in [3.63, 3.8) is 0 Å². The van der Waals surface area contributed by atoms with E-state index in [9.17, 15) is 4.39 Å². The predicted octanol–water partition coefficient (Wildman–Crippen LogP) is 3.28. The Labute approximate surface area is 112 Å². The second-order valence-corrected chi connectivity index (χ2v) is 4.49. The van der Waals surface area contributed by atoms with Gasteiger partial charge in [-0.25, -0.2) is 4.39 Å². The Morgan fingerprint density at radius 1 is 1.35 bits per heavy atom. The molecule has 1 heterocycles. The predicted molar refractivity (Wildman–Crippen MR) is 69.7 cm³/mol. The lowest BCUT2D eigenvalue weighted by molar-refractivity contribution is 0.215. The molecule has 0 saturated carbocycles. The van der Waals surface area contributed by atoms with E-state index >= 15 is 0 Å². The highest BCUT2D eigenvalue weighted by Crippen LogP contribution is 2.22. The van der Waals surface area contributed by atoms with Gasteiger partial charge in [-0.05, 0) is 44.0 Å². The largest absolute Gasteiger partial charge is 0.493 e. The van der Waals surface area contributed by atoms with Crippen LogP contribution in [0.1, 0.15) is 12.8 Å². The third kappa shape index (κ3) is 4.34. The zero-order valence-corrected chi connectivity index (χ0v) is 11.0. The van der Waals surface area contributed by atoms with Gasteiger partial charge in [0.15, 0.2) is 0 Å². The minimum atomic E-state index is -0.407. The molecule has 1 aliphatic heterocycles.